The molecule has 0 aliphatic carbocycles. The van der Waals surface area contributed by atoms with Crippen LogP contribution >= 0.6 is 0 Å². The minimum atomic E-state index is -4.13. The second-order valence-electron chi connectivity index (χ2n) is 5.08. The van der Waals surface area contributed by atoms with Crippen molar-refractivity contribution in [3.63, 3.8) is 0 Å². The lowest BCUT2D eigenvalue weighted by atomic mass is 9.96. The van der Waals surface area contributed by atoms with Crippen LogP contribution in [0.1, 0.15) is 32.6 Å². The third-order valence-electron chi connectivity index (χ3n) is 3.37. The average molecular weight is 282 g/mol. The number of rotatable bonds is 4. The summed E-state index contributed by atoms with van der Waals surface area (Å²) in [5.74, 6) is 0.177. The smallest absolute Gasteiger partial charge is 0.389 e. The first-order valence-corrected chi connectivity index (χ1v) is 6.57. The first kappa shape index (κ1) is 16.1. The largest absolute Gasteiger partial charge is 0.391 e. The number of carbonyl (C=O) groups excluding carboxylic acids is 1. The number of aliphatic hydroxyl groups is 1. The number of hydrogen-bond acceptors (Lipinski definition) is 2. The zero-order valence-corrected chi connectivity index (χ0v) is 11.0. The highest BCUT2D eigenvalue weighted by molar-refractivity contribution is 5.74. The topological polar surface area (TPSA) is 52.6 Å². The molecule has 2 N–H and O–H groups in total. The number of halogens is 3. The Morgan fingerprint density at radius 1 is 1.42 bits per heavy atom. The van der Waals surface area contributed by atoms with Gasteiger partial charge in [0.25, 0.3) is 0 Å². The van der Waals surface area contributed by atoms with Crippen LogP contribution in [0.2, 0.25) is 0 Å². The van der Waals surface area contributed by atoms with Gasteiger partial charge in [-0.3, -0.25) is 0 Å². The molecule has 0 saturated carbocycles. The van der Waals surface area contributed by atoms with Gasteiger partial charge >= 0.3 is 12.2 Å². The van der Waals surface area contributed by atoms with Gasteiger partial charge in [0.2, 0.25) is 0 Å². The molecule has 0 spiro atoms. The number of nitrogens with one attached hydrogen (secondary N) is 1. The number of alkyl halides is 3. The van der Waals surface area contributed by atoms with Crippen LogP contribution in [0.4, 0.5) is 18.0 Å². The maximum atomic E-state index is 11.9. The van der Waals surface area contributed by atoms with E-state index in [0.29, 0.717) is 13.0 Å². The maximum Gasteiger partial charge on any atom is 0.389 e. The summed E-state index contributed by atoms with van der Waals surface area (Å²) >= 11 is 0. The van der Waals surface area contributed by atoms with Crippen LogP contribution in [0.25, 0.3) is 0 Å². The summed E-state index contributed by atoms with van der Waals surface area (Å²) < 4.78 is 35.7. The Bertz CT molecular complexity index is 297. The highest BCUT2D eigenvalue weighted by atomic mass is 19.4. The maximum absolute atomic E-state index is 11.9. The van der Waals surface area contributed by atoms with Gasteiger partial charge in [-0.05, 0) is 25.2 Å². The van der Waals surface area contributed by atoms with Crippen molar-refractivity contribution in [3.05, 3.63) is 0 Å². The first-order chi connectivity index (χ1) is 8.79. The summed E-state index contributed by atoms with van der Waals surface area (Å²) in [5, 5.41) is 12.2. The molecular weight excluding hydrogens is 261 g/mol. The van der Waals surface area contributed by atoms with Crippen molar-refractivity contribution in [2.45, 2.75) is 44.9 Å². The van der Waals surface area contributed by atoms with E-state index in [1.165, 1.54) is 4.90 Å². The van der Waals surface area contributed by atoms with E-state index >= 15 is 0 Å². The Balaban J connectivity index is 2.14. The van der Waals surface area contributed by atoms with Crippen molar-refractivity contribution in [3.8, 4) is 0 Å². The highest BCUT2D eigenvalue weighted by Crippen LogP contribution is 2.22. The molecule has 19 heavy (non-hydrogen) atoms. The Morgan fingerprint density at radius 2 is 2.11 bits per heavy atom. The van der Waals surface area contributed by atoms with Crippen molar-refractivity contribution >= 4 is 6.03 Å². The SMILES string of the molecule is CC1CCN(C(=O)NCCCCC(F)(F)F)CC1O. The minimum Gasteiger partial charge on any atom is -0.391 e. The Morgan fingerprint density at radius 3 is 2.68 bits per heavy atom. The first-order valence-electron chi connectivity index (χ1n) is 6.57. The van der Waals surface area contributed by atoms with Crippen LogP contribution in [0.15, 0.2) is 0 Å². The van der Waals surface area contributed by atoms with Crippen LogP contribution in [0, 0.1) is 5.92 Å². The van der Waals surface area contributed by atoms with E-state index in [1.807, 2.05) is 6.92 Å². The number of amides is 2. The zero-order valence-electron chi connectivity index (χ0n) is 11.0. The molecule has 1 fully saturated rings. The number of hydrogen-bond donors (Lipinski definition) is 2. The van der Waals surface area contributed by atoms with Gasteiger partial charge in [-0.25, -0.2) is 4.79 Å². The van der Waals surface area contributed by atoms with E-state index in [0.717, 1.165) is 6.42 Å². The number of likely N-dealkylation sites (tertiary alicyclic amines) is 1. The second-order valence-corrected chi connectivity index (χ2v) is 5.08. The number of urea groups is 1. The quantitative estimate of drug-likeness (QED) is 0.776. The lowest BCUT2D eigenvalue weighted by molar-refractivity contribution is -0.135. The lowest BCUT2D eigenvalue weighted by Crippen LogP contribution is -2.49. The fourth-order valence-corrected chi connectivity index (χ4v) is 1.99. The summed E-state index contributed by atoms with van der Waals surface area (Å²) in [4.78, 5) is 13.2. The van der Waals surface area contributed by atoms with Crippen molar-refractivity contribution in [2.75, 3.05) is 19.6 Å². The van der Waals surface area contributed by atoms with Crippen LogP contribution in [0.3, 0.4) is 0 Å². The molecule has 0 bridgehead atoms. The fraction of sp³-hybridized carbons (Fsp3) is 0.917. The van der Waals surface area contributed by atoms with Crippen molar-refractivity contribution in [2.24, 2.45) is 5.92 Å². The number of nitrogens with zero attached hydrogens (tertiary/aromatic N) is 1. The van der Waals surface area contributed by atoms with E-state index in [9.17, 15) is 23.1 Å². The molecular formula is C12H21F3N2O2. The molecule has 1 heterocycles. The number of aliphatic hydroxyl groups excluding tert-OH is 1. The van der Waals surface area contributed by atoms with Gasteiger partial charge < -0.3 is 15.3 Å². The summed E-state index contributed by atoms with van der Waals surface area (Å²) in [7, 11) is 0. The number of unbranched alkanes of at least 4 members (excludes halogenated alkanes) is 1. The lowest BCUT2D eigenvalue weighted by Gasteiger charge is -2.34. The van der Waals surface area contributed by atoms with E-state index in [1.54, 1.807) is 0 Å². The molecule has 1 rings (SSSR count). The fourth-order valence-electron chi connectivity index (χ4n) is 1.99. The van der Waals surface area contributed by atoms with E-state index < -0.39 is 18.7 Å². The predicted octanol–water partition coefficient (Wildman–Crippen LogP) is 2.13. The molecule has 2 amide bonds. The van der Waals surface area contributed by atoms with Crippen LogP contribution < -0.4 is 5.32 Å². The summed E-state index contributed by atoms with van der Waals surface area (Å²) in [6, 6.07) is -0.307. The highest BCUT2D eigenvalue weighted by Gasteiger charge is 2.27. The molecule has 0 radical (unpaired) electrons. The average Bonchev–Trinajstić information content (AvgIpc) is 2.30. The normalized spacial score (nSPS) is 24.4. The van der Waals surface area contributed by atoms with Crippen molar-refractivity contribution < 1.29 is 23.1 Å². The van der Waals surface area contributed by atoms with Gasteiger partial charge in [-0.2, -0.15) is 13.2 Å². The summed E-state index contributed by atoms with van der Waals surface area (Å²) in [6.45, 7) is 3.02. The van der Waals surface area contributed by atoms with Crippen molar-refractivity contribution in [1.82, 2.24) is 10.2 Å². The van der Waals surface area contributed by atoms with Gasteiger partial charge in [-0.15, -0.1) is 0 Å². The van der Waals surface area contributed by atoms with E-state index in [4.69, 9.17) is 0 Å². The zero-order chi connectivity index (χ0) is 14.5. The third-order valence-corrected chi connectivity index (χ3v) is 3.37. The van der Waals surface area contributed by atoms with Crippen molar-refractivity contribution in [1.29, 1.82) is 0 Å². The molecule has 1 saturated heterocycles. The predicted molar refractivity (Wildman–Crippen MR) is 64.7 cm³/mol. The van der Waals surface area contributed by atoms with Gasteiger partial charge in [0.1, 0.15) is 0 Å². The Hall–Kier alpha value is -0.980. The molecule has 0 aromatic carbocycles. The molecule has 2 unspecified atom stereocenters. The molecule has 1 aliphatic rings. The number of piperidine rings is 1. The minimum absolute atomic E-state index is 0.0173. The molecule has 0 aromatic heterocycles. The van der Waals surface area contributed by atoms with Gasteiger partial charge in [0.05, 0.1) is 6.10 Å². The molecule has 4 nitrogen and oxygen atoms in total. The van der Waals surface area contributed by atoms with Crippen LogP contribution in [-0.4, -0.2) is 48.0 Å². The van der Waals surface area contributed by atoms with E-state index in [2.05, 4.69) is 5.32 Å². The van der Waals surface area contributed by atoms with Crippen LogP contribution in [-0.2, 0) is 0 Å². The monoisotopic (exact) mass is 282 g/mol. The standard InChI is InChI=1S/C12H21F3N2O2/c1-9-4-7-17(8-10(9)18)11(19)16-6-3-2-5-12(13,14)15/h9-10,18H,2-8H2,1H3,(H,16,19). The molecule has 0 aromatic rings. The molecule has 112 valence electrons. The Kier molecular flexibility index (Phi) is 5.90. The molecule has 7 heteroatoms. The van der Waals surface area contributed by atoms with Crippen LogP contribution in [0.5, 0.6) is 0 Å². The van der Waals surface area contributed by atoms with Gasteiger partial charge in [0, 0.05) is 26.1 Å². The Labute approximate surface area is 111 Å². The van der Waals surface area contributed by atoms with Gasteiger partial charge in [-0.1, -0.05) is 6.92 Å². The summed E-state index contributed by atoms with van der Waals surface area (Å²) in [6.07, 6.45) is -4.41. The molecule has 2 atom stereocenters. The second kappa shape index (κ2) is 6.98. The van der Waals surface area contributed by atoms with Gasteiger partial charge in [0.15, 0.2) is 0 Å². The third kappa shape index (κ3) is 6.13. The number of carbonyl (C=O) groups is 1. The number of β-amino-alcohol motifs (C(OH)–C–C–N with tert-alkyl or cyclic N) is 1. The van der Waals surface area contributed by atoms with E-state index in [-0.39, 0.29) is 31.5 Å². The summed E-state index contributed by atoms with van der Waals surface area (Å²) in [5.41, 5.74) is 0. The molecule has 1 aliphatic heterocycles.